The fraction of sp³-hybridized carbons (Fsp3) is 0.429. The van der Waals surface area contributed by atoms with Crippen molar-refractivity contribution < 1.29 is 0 Å². The number of hydrogen-bond acceptors (Lipinski definition) is 6. The molecule has 0 amide bonds. The van der Waals surface area contributed by atoms with Gasteiger partial charge >= 0.3 is 0 Å². The molecular weight excluding hydrogens is 350 g/mol. The molecule has 0 bridgehead atoms. The Morgan fingerprint density at radius 1 is 1.11 bits per heavy atom. The van der Waals surface area contributed by atoms with Crippen LogP contribution in [0.5, 0.6) is 0 Å². The number of aromatic nitrogens is 5. The minimum Gasteiger partial charge on any atom is -0.360 e. The van der Waals surface area contributed by atoms with Gasteiger partial charge in [-0.15, -0.1) is 0 Å². The largest absolute Gasteiger partial charge is 0.360 e. The van der Waals surface area contributed by atoms with Gasteiger partial charge in [0, 0.05) is 70.1 Å². The summed E-state index contributed by atoms with van der Waals surface area (Å²) in [6, 6.07) is 6.08. The first-order valence-electron chi connectivity index (χ1n) is 9.93. The lowest BCUT2D eigenvalue weighted by atomic mass is 9.97. The molecule has 0 unspecified atom stereocenters. The molecule has 146 valence electrons. The van der Waals surface area contributed by atoms with Gasteiger partial charge in [0.15, 0.2) is 0 Å². The third-order valence-electron chi connectivity index (χ3n) is 5.41. The molecule has 3 aromatic rings. The molecule has 4 rings (SSSR count). The monoisotopic (exact) mass is 377 g/mol. The molecule has 7 heteroatoms. The van der Waals surface area contributed by atoms with E-state index in [-0.39, 0.29) is 0 Å². The van der Waals surface area contributed by atoms with E-state index in [0.29, 0.717) is 5.92 Å². The normalized spacial score (nSPS) is 16.9. The van der Waals surface area contributed by atoms with E-state index in [1.165, 1.54) is 5.56 Å². The zero-order chi connectivity index (χ0) is 19.3. The van der Waals surface area contributed by atoms with Crippen LogP contribution in [-0.2, 0) is 6.54 Å². The highest BCUT2D eigenvalue weighted by atomic mass is 15.3. The Balaban J connectivity index is 1.51. The van der Waals surface area contributed by atoms with E-state index in [2.05, 4.69) is 56.6 Å². The summed E-state index contributed by atoms with van der Waals surface area (Å²) in [5.74, 6) is 3.30. The van der Waals surface area contributed by atoms with Crippen molar-refractivity contribution >= 4 is 11.8 Å². The van der Waals surface area contributed by atoms with Crippen LogP contribution in [0.15, 0.2) is 49.2 Å². The maximum absolute atomic E-state index is 4.78. The Morgan fingerprint density at radius 3 is 2.79 bits per heavy atom. The summed E-state index contributed by atoms with van der Waals surface area (Å²) >= 11 is 0. The molecular formula is C21H27N7. The van der Waals surface area contributed by atoms with Crippen LogP contribution in [0.2, 0.25) is 0 Å². The molecule has 7 nitrogen and oxygen atoms in total. The molecule has 3 aromatic heterocycles. The van der Waals surface area contributed by atoms with Gasteiger partial charge in [0.25, 0.3) is 0 Å². The molecule has 1 fully saturated rings. The van der Waals surface area contributed by atoms with Gasteiger partial charge in [-0.05, 0) is 43.5 Å². The first-order valence-corrected chi connectivity index (χ1v) is 9.93. The van der Waals surface area contributed by atoms with Crippen molar-refractivity contribution in [2.75, 3.05) is 36.5 Å². The van der Waals surface area contributed by atoms with Crippen molar-refractivity contribution in [3.8, 4) is 0 Å². The highest BCUT2D eigenvalue weighted by Crippen LogP contribution is 2.28. The standard InChI is InChI=1S/C21H27N7/c1-3-26(2)19-8-11-24-21(25-19)28-13-4-5-18(16-28)20-23-12-14-27(20)15-17-6-9-22-10-7-17/h6-12,14,18H,3-5,13,15-16H2,1-2H3/t18-/m1/s1. The van der Waals surface area contributed by atoms with Crippen LogP contribution in [0.1, 0.15) is 37.1 Å². The third kappa shape index (κ3) is 3.98. The fourth-order valence-electron chi connectivity index (χ4n) is 3.73. The van der Waals surface area contributed by atoms with Gasteiger partial charge in [0.05, 0.1) is 0 Å². The molecule has 0 saturated carbocycles. The number of hydrogen-bond donors (Lipinski definition) is 0. The maximum Gasteiger partial charge on any atom is 0.227 e. The quantitative estimate of drug-likeness (QED) is 0.658. The highest BCUT2D eigenvalue weighted by Gasteiger charge is 2.26. The van der Waals surface area contributed by atoms with E-state index in [0.717, 1.165) is 56.6 Å². The molecule has 0 aliphatic carbocycles. The van der Waals surface area contributed by atoms with Crippen LogP contribution in [0.3, 0.4) is 0 Å². The summed E-state index contributed by atoms with van der Waals surface area (Å²) in [7, 11) is 2.06. The average Bonchev–Trinajstić information content (AvgIpc) is 3.22. The van der Waals surface area contributed by atoms with Crippen LogP contribution in [0.4, 0.5) is 11.8 Å². The molecule has 28 heavy (non-hydrogen) atoms. The van der Waals surface area contributed by atoms with E-state index in [1.807, 2.05) is 30.9 Å². The second-order valence-electron chi connectivity index (χ2n) is 7.28. The zero-order valence-corrected chi connectivity index (χ0v) is 16.6. The molecule has 1 atom stereocenters. The average molecular weight is 377 g/mol. The molecule has 0 aromatic carbocycles. The number of nitrogens with zero attached hydrogens (tertiary/aromatic N) is 7. The van der Waals surface area contributed by atoms with Crippen LogP contribution < -0.4 is 9.80 Å². The highest BCUT2D eigenvalue weighted by molar-refractivity contribution is 5.43. The first-order chi connectivity index (χ1) is 13.7. The lowest BCUT2D eigenvalue weighted by Crippen LogP contribution is -2.36. The smallest absolute Gasteiger partial charge is 0.227 e. The summed E-state index contributed by atoms with van der Waals surface area (Å²) in [6.45, 7) is 5.75. The summed E-state index contributed by atoms with van der Waals surface area (Å²) in [6.07, 6.45) is 11.8. The van der Waals surface area contributed by atoms with Crippen LogP contribution >= 0.6 is 0 Å². The van der Waals surface area contributed by atoms with E-state index in [9.17, 15) is 0 Å². The van der Waals surface area contributed by atoms with Crippen LogP contribution in [0, 0.1) is 0 Å². The van der Waals surface area contributed by atoms with Gasteiger partial charge in [-0.3, -0.25) is 4.98 Å². The number of piperidine rings is 1. The summed E-state index contributed by atoms with van der Waals surface area (Å²) in [4.78, 5) is 22.6. The maximum atomic E-state index is 4.78. The van der Waals surface area contributed by atoms with Crippen LogP contribution in [0.25, 0.3) is 0 Å². The van der Waals surface area contributed by atoms with Gasteiger partial charge in [0.1, 0.15) is 11.6 Å². The van der Waals surface area contributed by atoms with E-state index >= 15 is 0 Å². The Labute approximate surface area is 166 Å². The summed E-state index contributed by atoms with van der Waals surface area (Å²) in [5, 5.41) is 0. The molecule has 0 radical (unpaired) electrons. The van der Waals surface area contributed by atoms with Crippen molar-refractivity contribution in [1.82, 2.24) is 24.5 Å². The number of anilines is 2. The van der Waals surface area contributed by atoms with Gasteiger partial charge in [-0.2, -0.15) is 4.98 Å². The van der Waals surface area contributed by atoms with Crippen molar-refractivity contribution in [2.45, 2.75) is 32.2 Å². The second kappa shape index (κ2) is 8.37. The van der Waals surface area contributed by atoms with Gasteiger partial charge in [-0.1, -0.05) is 0 Å². The SMILES string of the molecule is CCN(C)c1ccnc(N2CCC[C@@H](c3nccn3Cc3ccncc3)C2)n1. The molecule has 4 heterocycles. The fourth-order valence-corrected chi connectivity index (χ4v) is 3.73. The summed E-state index contributed by atoms with van der Waals surface area (Å²) in [5.41, 5.74) is 1.24. The van der Waals surface area contributed by atoms with Gasteiger partial charge in [-0.25, -0.2) is 9.97 Å². The minimum atomic E-state index is 0.377. The third-order valence-corrected chi connectivity index (χ3v) is 5.41. The number of rotatable bonds is 6. The Morgan fingerprint density at radius 2 is 1.96 bits per heavy atom. The number of pyridine rings is 1. The van der Waals surface area contributed by atoms with Gasteiger partial charge in [0.2, 0.25) is 5.95 Å². The predicted molar refractivity (Wildman–Crippen MR) is 111 cm³/mol. The lowest BCUT2D eigenvalue weighted by Gasteiger charge is -2.33. The Kier molecular flexibility index (Phi) is 5.50. The topological polar surface area (TPSA) is 63.0 Å². The molecule has 0 spiro atoms. The van der Waals surface area contributed by atoms with E-state index < -0.39 is 0 Å². The predicted octanol–water partition coefficient (Wildman–Crippen LogP) is 2.96. The minimum absolute atomic E-state index is 0.377. The van der Waals surface area contributed by atoms with Crippen molar-refractivity contribution in [3.05, 3.63) is 60.6 Å². The van der Waals surface area contributed by atoms with Crippen molar-refractivity contribution in [1.29, 1.82) is 0 Å². The van der Waals surface area contributed by atoms with Crippen molar-refractivity contribution in [2.24, 2.45) is 0 Å². The second-order valence-corrected chi connectivity index (χ2v) is 7.28. The lowest BCUT2D eigenvalue weighted by molar-refractivity contribution is 0.471. The zero-order valence-electron chi connectivity index (χ0n) is 16.6. The Bertz CT molecular complexity index is 893. The number of imidazole rings is 1. The molecule has 1 saturated heterocycles. The van der Waals surface area contributed by atoms with Gasteiger partial charge < -0.3 is 14.4 Å². The molecule has 0 N–H and O–H groups in total. The molecule has 1 aliphatic rings. The molecule has 1 aliphatic heterocycles. The van der Waals surface area contributed by atoms with Crippen molar-refractivity contribution in [3.63, 3.8) is 0 Å². The van der Waals surface area contributed by atoms with E-state index in [1.54, 1.807) is 0 Å². The summed E-state index contributed by atoms with van der Waals surface area (Å²) < 4.78 is 2.26. The Hall–Kier alpha value is -2.96. The first kappa shape index (κ1) is 18.4. The van der Waals surface area contributed by atoms with E-state index in [4.69, 9.17) is 9.97 Å². The van der Waals surface area contributed by atoms with Crippen LogP contribution in [-0.4, -0.2) is 51.2 Å².